The molecule has 0 fully saturated rings. The van der Waals surface area contributed by atoms with Crippen molar-refractivity contribution in [2.75, 3.05) is 0 Å². The van der Waals surface area contributed by atoms with Crippen LogP contribution in [0, 0.1) is 0 Å². The topological polar surface area (TPSA) is 56.9 Å². The number of nitrogens with zero attached hydrogens (tertiary/aromatic N) is 3. The fourth-order valence-electron chi connectivity index (χ4n) is 2.35. The second-order valence-corrected chi connectivity index (χ2v) is 6.52. The fraction of sp³-hybridized carbons (Fsp3) is 0.188. The van der Waals surface area contributed by atoms with Gasteiger partial charge in [-0.05, 0) is 17.7 Å². The number of pyridine rings is 1. The Morgan fingerprint density at radius 1 is 1.13 bits per heavy atom. The minimum Gasteiger partial charge on any atom is -0.280 e. The third-order valence-electron chi connectivity index (χ3n) is 3.64. The van der Waals surface area contributed by atoms with Gasteiger partial charge in [0.2, 0.25) is 0 Å². The second kappa shape index (κ2) is 6.22. The molecule has 0 N–H and O–H groups in total. The van der Waals surface area contributed by atoms with Gasteiger partial charge >= 0.3 is 5.69 Å². The Hall–Kier alpha value is -2.05. The predicted molar refractivity (Wildman–Crippen MR) is 93.2 cm³/mol. The Kier molecular flexibility index (Phi) is 4.28. The normalized spacial score (nSPS) is 11.1. The zero-order valence-electron chi connectivity index (χ0n) is 12.6. The van der Waals surface area contributed by atoms with Crippen LogP contribution >= 0.6 is 23.4 Å². The maximum atomic E-state index is 12.5. The van der Waals surface area contributed by atoms with E-state index in [9.17, 15) is 9.59 Å². The molecule has 0 bridgehead atoms. The van der Waals surface area contributed by atoms with Crippen molar-refractivity contribution in [2.45, 2.75) is 10.6 Å². The van der Waals surface area contributed by atoms with Crippen LogP contribution in [-0.2, 0) is 19.8 Å². The Morgan fingerprint density at radius 2 is 1.87 bits per heavy atom. The molecule has 0 amide bonds. The van der Waals surface area contributed by atoms with Crippen LogP contribution in [-0.4, -0.2) is 14.1 Å². The molecule has 0 saturated carbocycles. The van der Waals surface area contributed by atoms with E-state index < -0.39 is 0 Å². The van der Waals surface area contributed by atoms with Crippen LogP contribution in [0.1, 0.15) is 5.56 Å². The van der Waals surface area contributed by atoms with E-state index in [2.05, 4.69) is 4.98 Å². The Bertz CT molecular complexity index is 1010. The summed E-state index contributed by atoms with van der Waals surface area (Å²) in [6.45, 7) is 0. The van der Waals surface area contributed by atoms with Gasteiger partial charge in [-0.3, -0.25) is 13.9 Å². The molecular weight excluding hydrogens is 334 g/mol. The number of aryl methyl sites for hydroxylation is 1. The van der Waals surface area contributed by atoms with Gasteiger partial charge in [-0.1, -0.05) is 29.8 Å². The maximum Gasteiger partial charge on any atom is 0.332 e. The van der Waals surface area contributed by atoms with Gasteiger partial charge in [-0.2, -0.15) is 0 Å². The van der Waals surface area contributed by atoms with Crippen LogP contribution in [0.25, 0.3) is 11.0 Å². The lowest BCUT2D eigenvalue weighted by Crippen LogP contribution is -2.37. The van der Waals surface area contributed by atoms with Gasteiger partial charge in [0.15, 0.2) is 0 Å². The summed E-state index contributed by atoms with van der Waals surface area (Å²) in [5.41, 5.74) is 0.661. The molecule has 0 aliphatic carbocycles. The predicted octanol–water partition coefficient (Wildman–Crippen LogP) is 2.58. The molecule has 23 heavy (non-hydrogen) atoms. The number of halogens is 1. The Labute approximate surface area is 141 Å². The third-order valence-corrected chi connectivity index (χ3v) is 5.12. The first-order chi connectivity index (χ1) is 11.0. The lowest BCUT2D eigenvalue weighted by molar-refractivity contribution is 0.706. The van der Waals surface area contributed by atoms with E-state index in [1.54, 1.807) is 19.3 Å². The van der Waals surface area contributed by atoms with E-state index in [0.29, 0.717) is 21.8 Å². The molecular formula is C16H14ClN3O2S. The lowest BCUT2D eigenvalue weighted by atomic mass is 10.2. The highest BCUT2D eigenvalue weighted by Gasteiger charge is 2.14. The van der Waals surface area contributed by atoms with Crippen molar-refractivity contribution in [3.63, 3.8) is 0 Å². The van der Waals surface area contributed by atoms with E-state index >= 15 is 0 Å². The van der Waals surface area contributed by atoms with Crippen LogP contribution in [0.4, 0.5) is 0 Å². The van der Waals surface area contributed by atoms with E-state index in [1.807, 2.05) is 24.3 Å². The second-order valence-electron chi connectivity index (χ2n) is 5.09. The number of aromatic nitrogens is 3. The summed E-state index contributed by atoms with van der Waals surface area (Å²) in [4.78, 5) is 29.4. The van der Waals surface area contributed by atoms with Gasteiger partial charge in [0.05, 0.1) is 5.39 Å². The van der Waals surface area contributed by atoms with Crippen molar-refractivity contribution in [3.8, 4) is 0 Å². The summed E-state index contributed by atoms with van der Waals surface area (Å²) in [7, 11) is 3.08. The quantitative estimate of drug-likeness (QED) is 0.683. The van der Waals surface area contributed by atoms with Gasteiger partial charge < -0.3 is 0 Å². The van der Waals surface area contributed by atoms with Crippen molar-refractivity contribution in [1.29, 1.82) is 0 Å². The molecule has 0 atom stereocenters. The van der Waals surface area contributed by atoms with Gasteiger partial charge in [-0.25, -0.2) is 9.78 Å². The average Bonchev–Trinajstić information content (AvgIpc) is 2.57. The first-order valence-corrected chi connectivity index (χ1v) is 8.28. The summed E-state index contributed by atoms with van der Waals surface area (Å²) in [6, 6.07) is 9.38. The highest BCUT2D eigenvalue weighted by Crippen LogP contribution is 2.29. The van der Waals surface area contributed by atoms with E-state index in [-0.39, 0.29) is 11.2 Å². The smallest absolute Gasteiger partial charge is 0.280 e. The number of rotatable bonds is 3. The largest absolute Gasteiger partial charge is 0.332 e. The lowest BCUT2D eigenvalue weighted by Gasteiger charge is -2.10. The number of hydrogen-bond donors (Lipinski definition) is 0. The highest BCUT2D eigenvalue weighted by atomic mass is 35.5. The molecule has 3 rings (SSSR count). The Morgan fingerprint density at radius 3 is 2.61 bits per heavy atom. The first-order valence-electron chi connectivity index (χ1n) is 6.91. The van der Waals surface area contributed by atoms with Gasteiger partial charge in [0, 0.05) is 36.0 Å². The molecule has 118 valence electrons. The van der Waals surface area contributed by atoms with Gasteiger partial charge in [-0.15, -0.1) is 11.8 Å². The Balaban J connectivity index is 2.11. The number of benzene rings is 1. The van der Waals surface area contributed by atoms with E-state index in [0.717, 1.165) is 15.0 Å². The molecule has 0 spiro atoms. The standard InChI is InChI=1S/C16H14ClN3O2S/c1-19-14-13(15(21)20(2)16(19)22)12(7-8-18-14)23-9-10-5-3-4-6-11(10)17/h3-8H,9H2,1-2H3. The molecule has 0 unspecified atom stereocenters. The van der Waals surface area contributed by atoms with Crippen LogP contribution in [0.3, 0.4) is 0 Å². The zero-order chi connectivity index (χ0) is 16.6. The van der Waals surface area contributed by atoms with Crippen molar-refractivity contribution < 1.29 is 0 Å². The first kappa shape index (κ1) is 15.8. The maximum absolute atomic E-state index is 12.5. The summed E-state index contributed by atoms with van der Waals surface area (Å²) < 4.78 is 2.49. The van der Waals surface area contributed by atoms with Crippen LogP contribution in [0.2, 0.25) is 5.02 Å². The van der Waals surface area contributed by atoms with Crippen molar-refractivity contribution in [2.24, 2.45) is 14.1 Å². The summed E-state index contributed by atoms with van der Waals surface area (Å²) >= 11 is 7.68. The molecule has 5 nitrogen and oxygen atoms in total. The summed E-state index contributed by atoms with van der Waals surface area (Å²) in [6.07, 6.45) is 1.61. The van der Waals surface area contributed by atoms with Crippen LogP contribution in [0.15, 0.2) is 51.0 Å². The van der Waals surface area contributed by atoms with Crippen molar-refractivity contribution >= 4 is 34.4 Å². The molecule has 2 aromatic heterocycles. The molecule has 1 aromatic carbocycles. The average molecular weight is 348 g/mol. The summed E-state index contributed by atoms with van der Waals surface area (Å²) in [5.74, 6) is 0.630. The molecule has 3 aromatic rings. The highest BCUT2D eigenvalue weighted by molar-refractivity contribution is 7.98. The fourth-order valence-corrected chi connectivity index (χ4v) is 3.67. The minimum atomic E-state index is -0.386. The number of hydrogen-bond acceptors (Lipinski definition) is 4. The molecule has 0 aliphatic rings. The zero-order valence-corrected chi connectivity index (χ0v) is 14.2. The number of thioether (sulfide) groups is 1. The SMILES string of the molecule is Cn1c(=O)c2c(SCc3ccccc3Cl)ccnc2n(C)c1=O. The molecule has 0 radical (unpaired) electrons. The monoisotopic (exact) mass is 347 g/mol. The van der Waals surface area contributed by atoms with Gasteiger partial charge in [0.25, 0.3) is 5.56 Å². The number of fused-ring (bicyclic) bond motifs is 1. The molecule has 2 heterocycles. The van der Waals surface area contributed by atoms with Gasteiger partial charge in [0.1, 0.15) is 5.65 Å². The van der Waals surface area contributed by atoms with Crippen LogP contribution in [0.5, 0.6) is 0 Å². The van der Waals surface area contributed by atoms with Crippen molar-refractivity contribution in [1.82, 2.24) is 14.1 Å². The third kappa shape index (κ3) is 2.80. The van der Waals surface area contributed by atoms with Crippen LogP contribution < -0.4 is 11.2 Å². The minimum absolute atomic E-state index is 0.335. The summed E-state index contributed by atoms with van der Waals surface area (Å²) in [5, 5.41) is 1.15. The van der Waals surface area contributed by atoms with E-state index in [4.69, 9.17) is 11.6 Å². The van der Waals surface area contributed by atoms with Crippen molar-refractivity contribution in [3.05, 3.63) is 68.0 Å². The van der Waals surface area contributed by atoms with E-state index in [1.165, 1.54) is 23.4 Å². The molecule has 0 aliphatic heterocycles. The molecule has 7 heteroatoms. The molecule has 0 saturated heterocycles.